The highest BCUT2D eigenvalue weighted by atomic mass is 32.2. The Bertz CT molecular complexity index is 1370. The molecule has 0 spiro atoms. The van der Waals surface area contributed by atoms with Crippen LogP contribution in [0.2, 0.25) is 0 Å². The quantitative estimate of drug-likeness (QED) is 0.421. The van der Waals surface area contributed by atoms with Crippen LogP contribution in [0.1, 0.15) is 0 Å². The Morgan fingerprint density at radius 2 is 1.26 bits per heavy atom. The molecule has 0 aromatic heterocycles. The van der Waals surface area contributed by atoms with E-state index in [-0.39, 0.29) is 4.90 Å². The van der Waals surface area contributed by atoms with E-state index in [0.717, 1.165) is 10.6 Å². The monoisotopic (exact) mass is 519 g/mol. The number of nitrogens with one attached hydrogen (secondary N) is 2. The van der Waals surface area contributed by atoms with E-state index in [1.54, 1.807) is 36.4 Å². The molecule has 0 fully saturated rings. The Hall–Kier alpha value is -3.77. The third-order valence-electron chi connectivity index (χ3n) is 4.84. The first-order valence-electron chi connectivity index (χ1n) is 10.2. The number of nitrogens with zero attached hydrogens (tertiary/aromatic N) is 1. The first-order valence-corrected chi connectivity index (χ1v) is 13.5. The lowest BCUT2D eigenvalue weighted by atomic mass is 10.3. The number of hydrogen-bond donors (Lipinski definition) is 2. The standard InChI is InChI=1S/C23H25N3O7S2/c1-32-20-10-4-18(5-11-20)25-35(30,31)22-14-6-17(7-15-22)24-23(27)16-26(34(3,28)29)19-8-12-21(33-2)13-9-19/h4-15,25H,16H2,1-3H3,(H,24,27). The number of methoxy groups -OCH3 is 2. The van der Waals surface area contributed by atoms with Crippen LogP contribution in [0.25, 0.3) is 0 Å². The van der Waals surface area contributed by atoms with Crippen LogP contribution in [0.5, 0.6) is 11.5 Å². The average Bonchev–Trinajstić information content (AvgIpc) is 2.82. The molecule has 0 atom stereocenters. The van der Waals surface area contributed by atoms with Crippen molar-refractivity contribution in [2.45, 2.75) is 4.90 Å². The van der Waals surface area contributed by atoms with Crippen molar-refractivity contribution in [3.05, 3.63) is 72.8 Å². The fourth-order valence-electron chi connectivity index (χ4n) is 3.07. The number of amides is 1. The van der Waals surface area contributed by atoms with Gasteiger partial charge in [-0.25, -0.2) is 16.8 Å². The van der Waals surface area contributed by atoms with Crippen molar-refractivity contribution >= 4 is 43.0 Å². The summed E-state index contributed by atoms with van der Waals surface area (Å²) >= 11 is 0. The van der Waals surface area contributed by atoms with E-state index in [1.165, 1.54) is 50.6 Å². The lowest BCUT2D eigenvalue weighted by Crippen LogP contribution is -2.37. The van der Waals surface area contributed by atoms with Gasteiger partial charge in [0.1, 0.15) is 18.0 Å². The molecule has 0 saturated carbocycles. The minimum atomic E-state index is -3.86. The van der Waals surface area contributed by atoms with Gasteiger partial charge in [0.25, 0.3) is 10.0 Å². The van der Waals surface area contributed by atoms with Crippen molar-refractivity contribution in [1.29, 1.82) is 0 Å². The van der Waals surface area contributed by atoms with Gasteiger partial charge in [-0.2, -0.15) is 0 Å². The number of hydrogen-bond acceptors (Lipinski definition) is 7. The maximum absolute atomic E-state index is 12.6. The summed E-state index contributed by atoms with van der Waals surface area (Å²) in [6.45, 7) is -0.468. The van der Waals surface area contributed by atoms with Crippen LogP contribution in [0.3, 0.4) is 0 Å². The van der Waals surface area contributed by atoms with Gasteiger partial charge in [-0.05, 0) is 72.8 Å². The second-order valence-corrected chi connectivity index (χ2v) is 11.0. The zero-order valence-electron chi connectivity index (χ0n) is 19.3. The fourth-order valence-corrected chi connectivity index (χ4v) is 4.99. The first-order chi connectivity index (χ1) is 16.5. The van der Waals surface area contributed by atoms with Gasteiger partial charge in [-0.15, -0.1) is 0 Å². The highest BCUT2D eigenvalue weighted by Gasteiger charge is 2.21. The molecule has 3 aromatic rings. The summed E-state index contributed by atoms with van der Waals surface area (Å²) in [5, 5.41) is 2.58. The molecule has 0 aliphatic rings. The number of ether oxygens (including phenoxy) is 2. The van der Waals surface area contributed by atoms with Crippen molar-refractivity contribution in [2.75, 3.05) is 41.4 Å². The molecule has 0 aliphatic carbocycles. The maximum atomic E-state index is 12.6. The van der Waals surface area contributed by atoms with Crippen LogP contribution >= 0.6 is 0 Å². The molecule has 0 bridgehead atoms. The van der Waals surface area contributed by atoms with Gasteiger partial charge in [0.15, 0.2) is 0 Å². The van der Waals surface area contributed by atoms with Crippen LogP contribution in [-0.4, -0.2) is 49.8 Å². The van der Waals surface area contributed by atoms with E-state index in [0.29, 0.717) is 28.6 Å². The minimum absolute atomic E-state index is 0.0117. The number of benzene rings is 3. The van der Waals surface area contributed by atoms with Gasteiger partial charge in [0.2, 0.25) is 15.9 Å². The van der Waals surface area contributed by atoms with Gasteiger partial charge in [0, 0.05) is 11.4 Å². The molecular formula is C23H25N3O7S2. The third kappa shape index (κ3) is 6.87. The molecule has 10 nitrogen and oxygen atoms in total. The largest absolute Gasteiger partial charge is 0.497 e. The predicted octanol–water partition coefficient (Wildman–Crippen LogP) is 2.91. The molecule has 0 aliphatic heterocycles. The van der Waals surface area contributed by atoms with E-state index >= 15 is 0 Å². The Balaban J connectivity index is 1.68. The number of anilines is 3. The van der Waals surface area contributed by atoms with Gasteiger partial charge < -0.3 is 14.8 Å². The molecule has 0 heterocycles. The van der Waals surface area contributed by atoms with Crippen LogP contribution in [0.15, 0.2) is 77.7 Å². The van der Waals surface area contributed by atoms with Crippen molar-refractivity contribution in [1.82, 2.24) is 0 Å². The second-order valence-electron chi connectivity index (χ2n) is 7.37. The van der Waals surface area contributed by atoms with Gasteiger partial charge >= 0.3 is 0 Å². The smallest absolute Gasteiger partial charge is 0.261 e. The lowest BCUT2D eigenvalue weighted by molar-refractivity contribution is -0.114. The number of sulfonamides is 2. The van der Waals surface area contributed by atoms with Crippen molar-refractivity contribution in [2.24, 2.45) is 0 Å². The molecule has 0 unspecified atom stereocenters. The van der Waals surface area contributed by atoms with E-state index in [2.05, 4.69) is 10.0 Å². The SMILES string of the molecule is COc1ccc(NS(=O)(=O)c2ccc(NC(=O)CN(c3ccc(OC)cc3)S(C)(=O)=O)cc2)cc1. The average molecular weight is 520 g/mol. The fraction of sp³-hybridized carbons (Fsp3) is 0.174. The molecule has 35 heavy (non-hydrogen) atoms. The molecule has 2 N–H and O–H groups in total. The van der Waals surface area contributed by atoms with E-state index in [1.807, 2.05) is 0 Å². The third-order valence-corrected chi connectivity index (χ3v) is 7.38. The van der Waals surface area contributed by atoms with Gasteiger partial charge in [-0.3, -0.25) is 13.8 Å². The summed E-state index contributed by atoms with van der Waals surface area (Å²) in [7, 11) is -4.61. The molecule has 1 amide bonds. The van der Waals surface area contributed by atoms with Crippen molar-refractivity contribution < 1.29 is 31.1 Å². The minimum Gasteiger partial charge on any atom is -0.497 e. The van der Waals surface area contributed by atoms with Crippen LogP contribution < -0.4 is 23.8 Å². The molecule has 12 heteroatoms. The topological polar surface area (TPSA) is 131 Å². The van der Waals surface area contributed by atoms with Crippen LogP contribution in [0.4, 0.5) is 17.1 Å². The Morgan fingerprint density at radius 3 is 1.74 bits per heavy atom. The summed E-state index contributed by atoms with van der Waals surface area (Å²) in [5.74, 6) is 0.538. The second kappa shape index (κ2) is 10.7. The highest BCUT2D eigenvalue weighted by Crippen LogP contribution is 2.23. The zero-order chi connectivity index (χ0) is 25.6. The summed E-state index contributed by atoms with van der Waals surface area (Å²) in [4.78, 5) is 12.5. The summed E-state index contributed by atoms with van der Waals surface area (Å²) in [6.07, 6.45) is 1.000. The van der Waals surface area contributed by atoms with Gasteiger partial charge in [0.05, 0.1) is 31.1 Å². The van der Waals surface area contributed by atoms with E-state index in [4.69, 9.17) is 9.47 Å². The Kier molecular flexibility index (Phi) is 7.87. The predicted molar refractivity (Wildman–Crippen MR) is 134 cm³/mol. The Labute approximate surface area is 204 Å². The number of carbonyl (C=O) groups is 1. The van der Waals surface area contributed by atoms with Crippen molar-refractivity contribution in [3.8, 4) is 11.5 Å². The van der Waals surface area contributed by atoms with Gasteiger partial charge in [-0.1, -0.05) is 0 Å². The number of rotatable bonds is 10. The number of carbonyl (C=O) groups excluding carboxylic acids is 1. The first kappa shape index (κ1) is 25.8. The highest BCUT2D eigenvalue weighted by molar-refractivity contribution is 7.92. The lowest BCUT2D eigenvalue weighted by Gasteiger charge is -2.22. The molecule has 3 aromatic carbocycles. The molecule has 0 radical (unpaired) electrons. The van der Waals surface area contributed by atoms with Crippen LogP contribution in [-0.2, 0) is 24.8 Å². The maximum Gasteiger partial charge on any atom is 0.261 e. The molecule has 0 saturated heterocycles. The zero-order valence-corrected chi connectivity index (χ0v) is 20.9. The Morgan fingerprint density at radius 1 is 0.771 bits per heavy atom. The van der Waals surface area contributed by atoms with E-state index < -0.39 is 32.5 Å². The van der Waals surface area contributed by atoms with Crippen LogP contribution in [0, 0.1) is 0 Å². The summed E-state index contributed by atoms with van der Waals surface area (Å²) < 4.78 is 63.3. The summed E-state index contributed by atoms with van der Waals surface area (Å²) in [6, 6.07) is 18.1. The molecule has 3 rings (SSSR count). The normalized spacial score (nSPS) is 11.4. The molecule has 186 valence electrons. The van der Waals surface area contributed by atoms with Crippen molar-refractivity contribution in [3.63, 3.8) is 0 Å². The van der Waals surface area contributed by atoms with E-state index in [9.17, 15) is 21.6 Å². The summed E-state index contributed by atoms with van der Waals surface area (Å²) in [5.41, 5.74) is 0.971. The molecular weight excluding hydrogens is 494 g/mol.